The Balaban J connectivity index is 2.29. The van der Waals surface area contributed by atoms with Crippen molar-refractivity contribution in [2.24, 2.45) is 5.73 Å². The molecule has 2 aromatic heterocycles. The number of carbonyl (C=O) groups is 1. The topological polar surface area (TPSA) is 131 Å². The molecule has 0 unspecified atom stereocenters. The van der Waals surface area contributed by atoms with Crippen LogP contribution >= 0.6 is 0 Å². The fourth-order valence-electron chi connectivity index (χ4n) is 1.83. The van der Waals surface area contributed by atoms with Crippen molar-refractivity contribution in [1.82, 2.24) is 19.4 Å². The summed E-state index contributed by atoms with van der Waals surface area (Å²) < 4.78 is 28.6. The van der Waals surface area contributed by atoms with Crippen molar-refractivity contribution in [3.63, 3.8) is 0 Å². The lowest BCUT2D eigenvalue weighted by atomic mass is 10.5. The van der Waals surface area contributed by atoms with Gasteiger partial charge in [0.15, 0.2) is 10.8 Å². The van der Waals surface area contributed by atoms with E-state index >= 15 is 0 Å². The van der Waals surface area contributed by atoms with Gasteiger partial charge in [-0.1, -0.05) is 6.07 Å². The number of urea groups is 1. The standard InChI is InChI=1S/C11H16N6O3S/c1-13-9-10(17-7-3-2-4-8(17)16-9)21(19,20)15-6-5-14-11(12)18/h2-4,7,13,15H,5-6H2,1H3,(H3,12,14,18). The van der Waals surface area contributed by atoms with Crippen LogP contribution in [0.4, 0.5) is 10.6 Å². The van der Waals surface area contributed by atoms with Gasteiger partial charge in [0.05, 0.1) is 0 Å². The highest BCUT2D eigenvalue weighted by molar-refractivity contribution is 7.89. The predicted molar refractivity (Wildman–Crippen MR) is 77.5 cm³/mol. The summed E-state index contributed by atoms with van der Waals surface area (Å²) in [5, 5.41) is 5.08. The molecule has 0 aliphatic rings. The summed E-state index contributed by atoms with van der Waals surface area (Å²) in [6, 6.07) is 4.47. The molecule has 2 heterocycles. The van der Waals surface area contributed by atoms with Crippen LogP contribution in [0.25, 0.3) is 5.65 Å². The third-order valence-corrected chi connectivity index (χ3v) is 4.18. The zero-order valence-corrected chi connectivity index (χ0v) is 12.1. The molecule has 2 amide bonds. The van der Waals surface area contributed by atoms with Gasteiger partial charge in [-0.05, 0) is 12.1 Å². The van der Waals surface area contributed by atoms with Gasteiger partial charge < -0.3 is 16.4 Å². The molecule has 114 valence electrons. The number of fused-ring (bicyclic) bond motifs is 1. The molecule has 21 heavy (non-hydrogen) atoms. The number of nitrogens with two attached hydrogens (primary N) is 1. The Morgan fingerprint density at radius 3 is 2.81 bits per heavy atom. The summed E-state index contributed by atoms with van der Waals surface area (Å²) in [5.74, 6) is 0.247. The third-order valence-electron chi connectivity index (χ3n) is 2.69. The molecule has 0 aliphatic heterocycles. The van der Waals surface area contributed by atoms with Gasteiger partial charge in [-0.15, -0.1) is 0 Å². The van der Waals surface area contributed by atoms with Crippen molar-refractivity contribution in [2.45, 2.75) is 5.03 Å². The Morgan fingerprint density at radius 2 is 2.14 bits per heavy atom. The summed E-state index contributed by atoms with van der Waals surface area (Å²) in [6.45, 7) is 0.120. The number of hydrogen-bond acceptors (Lipinski definition) is 5. The molecular weight excluding hydrogens is 296 g/mol. The van der Waals surface area contributed by atoms with E-state index in [2.05, 4.69) is 20.3 Å². The largest absolute Gasteiger partial charge is 0.371 e. The number of rotatable bonds is 6. The lowest BCUT2D eigenvalue weighted by molar-refractivity contribution is 0.249. The SMILES string of the molecule is CNc1nc2ccccn2c1S(=O)(=O)NCCNC(N)=O. The second-order valence-corrected chi connectivity index (χ2v) is 5.82. The molecule has 0 saturated heterocycles. The van der Waals surface area contributed by atoms with Crippen molar-refractivity contribution < 1.29 is 13.2 Å². The molecule has 0 atom stereocenters. The zero-order valence-electron chi connectivity index (χ0n) is 11.3. The van der Waals surface area contributed by atoms with Crippen LogP contribution < -0.4 is 21.1 Å². The number of imidazole rings is 1. The van der Waals surface area contributed by atoms with E-state index < -0.39 is 16.1 Å². The minimum atomic E-state index is -3.79. The average Bonchev–Trinajstić information content (AvgIpc) is 2.82. The van der Waals surface area contributed by atoms with Gasteiger partial charge in [0.25, 0.3) is 10.0 Å². The molecule has 2 rings (SSSR count). The number of amides is 2. The normalized spacial score (nSPS) is 11.5. The quantitative estimate of drug-likeness (QED) is 0.525. The highest BCUT2D eigenvalue weighted by Gasteiger charge is 2.24. The average molecular weight is 312 g/mol. The number of sulfonamides is 1. The molecule has 0 bridgehead atoms. The monoisotopic (exact) mass is 312 g/mol. The highest BCUT2D eigenvalue weighted by atomic mass is 32.2. The van der Waals surface area contributed by atoms with Gasteiger partial charge in [0.2, 0.25) is 0 Å². The summed E-state index contributed by atoms with van der Waals surface area (Å²) >= 11 is 0. The molecule has 0 aliphatic carbocycles. The van der Waals surface area contributed by atoms with E-state index in [0.29, 0.717) is 5.65 Å². The Bertz CT molecular complexity index is 754. The number of nitrogens with zero attached hydrogens (tertiary/aromatic N) is 2. The molecule has 2 aromatic rings. The molecular formula is C11H16N6O3S. The van der Waals surface area contributed by atoms with Gasteiger partial charge >= 0.3 is 6.03 Å². The Labute approximate surface area is 121 Å². The number of aromatic nitrogens is 2. The molecule has 0 saturated carbocycles. The Hall–Kier alpha value is -2.33. The van der Waals surface area contributed by atoms with Gasteiger partial charge in [-0.2, -0.15) is 0 Å². The predicted octanol–water partition coefficient (Wildman–Crippen LogP) is -0.677. The number of hydrogen-bond donors (Lipinski definition) is 4. The molecule has 0 aromatic carbocycles. The molecule has 0 radical (unpaired) electrons. The first kappa shape index (κ1) is 15.1. The first-order valence-corrected chi connectivity index (χ1v) is 7.62. The lowest BCUT2D eigenvalue weighted by Gasteiger charge is -2.08. The van der Waals surface area contributed by atoms with E-state index in [4.69, 9.17) is 5.73 Å². The fraction of sp³-hybridized carbons (Fsp3) is 0.273. The number of anilines is 1. The Morgan fingerprint density at radius 1 is 1.38 bits per heavy atom. The minimum Gasteiger partial charge on any atom is -0.371 e. The number of pyridine rings is 1. The van der Waals surface area contributed by atoms with Crippen molar-refractivity contribution in [2.75, 3.05) is 25.5 Å². The number of carbonyl (C=O) groups excluding carboxylic acids is 1. The van der Waals surface area contributed by atoms with E-state index in [0.717, 1.165) is 0 Å². The van der Waals surface area contributed by atoms with Crippen LogP contribution in [-0.2, 0) is 10.0 Å². The fourth-order valence-corrected chi connectivity index (χ4v) is 3.16. The van der Waals surface area contributed by atoms with Crippen molar-refractivity contribution >= 4 is 27.5 Å². The lowest BCUT2D eigenvalue weighted by Crippen LogP contribution is -2.37. The van der Waals surface area contributed by atoms with Crippen LogP contribution in [-0.4, -0.2) is 44.0 Å². The maximum absolute atomic E-state index is 12.4. The van der Waals surface area contributed by atoms with Crippen LogP contribution in [0.2, 0.25) is 0 Å². The zero-order chi connectivity index (χ0) is 15.5. The van der Waals surface area contributed by atoms with Crippen LogP contribution in [0.3, 0.4) is 0 Å². The summed E-state index contributed by atoms with van der Waals surface area (Å²) in [4.78, 5) is 14.7. The maximum Gasteiger partial charge on any atom is 0.312 e. The molecule has 9 nitrogen and oxygen atoms in total. The summed E-state index contributed by atoms with van der Waals surface area (Å²) in [7, 11) is -2.20. The van der Waals surface area contributed by atoms with Crippen molar-refractivity contribution in [3.8, 4) is 0 Å². The summed E-state index contributed by atoms with van der Waals surface area (Å²) in [6.07, 6.45) is 1.61. The smallest absolute Gasteiger partial charge is 0.312 e. The van der Waals surface area contributed by atoms with E-state index in [1.54, 1.807) is 31.4 Å². The van der Waals surface area contributed by atoms with Crippen LogP contribution in [0.5, 0.6) is 0 Å². The van der Waals surface area contributed by atoms with E-state index in [1.807, 2.05) is 0 Å². The summed E-state index contributed by atoms with van der Waals surface area (Å²) in [5.41, 5.74) is 5.42. The van der Waals surface area contributed by atoms with Crippen LogP contribution in [0.1, 0.15) is 0 Å². The second-order valence-electron chi connectivity index (χ2n) is 4.13. The number of nitrogens with one attached hydrogen (secondary N) is 3. The highest BCUT2D eigenvalue weighted by Crippen LogP contribution is 2.21. The minimum absolute atomic E-state index is 0.0136. The second kappa shape index (κ2) is 5.97. The van der Waals surface area contributed by atoms with Gasteiger partial charge in [0.1, 0.15) is 5.65 Å². The van der Waals surface area contributed by atoms with E-state index in [9.17, 15) is 13.2 Å². The van der Waals surface area contributed by atoms with E-state index in [1.165, 1.54) is 4.40 Å². The van der Waals surface area contributed by atoms with Gasteiger partial charge in [-0.3, -0.25) is 4.40 Å². The van der Waals surface area contributed by atoms with Crippen molar-refractivity contribution in [3.05, 3.63) is 24.4 Å². The van der Waals surface area contributed by atoms with Crippen LogP contribution in [0.15, 0.2) is 29.4 Å². The number of primary amides is 1. The molecule has 5 N–H and O–H groups in total. The molecule has 0 spiro atoms. The first-order chi connectivity index (χ1) is 9.95. The van der Waals surface area contributed by atoms with Crippen molar-refractivity contribution in [1.29, 1.82) is 0 Å². The Kier molecular flexibility index (Phi) is 4.29. The third kappa shape index (κ3) is 3.23. The van der Waals surface area contributed by atoms with Gasteiger partial charge in [-0.25, -0.2) is 22.9 Å². The maximum atomic E-state index is 12.4. The molecule has 0 fully saturated rings. The first-order valence-electron chi connectivity index (χ1n) is 6.13. The van der Waals surface area contributed by atoms with Gasteiger partial charge in [0, 0.05) is 26.3 Å². The van der Waals surface area contributed by atoms with E-state index in [-0.39, 0.29) is 23.9 Å². The van der Waals surface area contributed by atoms with Crippen LogP contribution in [0, 0.1) is 0 Å². The molecule has 10 heteroatoms.